The molecule has 0 spiro atoms. The van der Waals surface area contributed by atoms with Crippen LogP contribution in [0.1, 0.15) is 11.1 Å². The van der Waals surface area contributed by atoms with Gasteiger partial charge in [-0.3, -0.25) is 18.4 Å². The van der Waals surface area contributed by atoms with Crippen LogP contribution in [0.4, 0.5) is 0 Å². The maximum absolute atomic E-state index is 14.3. The van der Waals surface area contributed by atoms with Crippen LogP contribution in [0.15, 0.2) is 94.8 Å². The highest BCUT2D eigenvalue weighted by Crippen LogP contribution is 2.43. The van der Waals surface area contributed by atoms with Crippen LogP contribution in [0.5, 0.6) is 11.5 Å². The maximum Gasteiger partial charge on any atom is 0.280 e. The van der Waals surface area contributed by atoms with E-state index in [0.29, 0.717) is 33.7 Å². The first-order chi connectivity index (χ1) is 19.4. The first-order valence-electron chi connectivity index (χ1n) is 13.1. The number of methoxy groups -OCH3 is 2. The first-order valence-corrected chi connectivity index (χ1v) is 13.1. The molecule has 40 heavy (non-hydrogen) atoms. The number of aryl methyl sites for hydroxylation is 2. The molecule has 3 aromatic heterocycles. The number of hydrogen-bond donors (Lipinski definition) is 0. The van der Waals surface area contributed by atoms with E-state index in [9.17, 15) is 9.59 Å². The monoisotopic (exact) mass is 526 g/mol. The van der Waals surface area contributed by atoms with Crippen LogP contribution in [0.3, 0.4) is 0 Å². The summed E-state index contributed by atoms with van der Waals surface area (Å²) in [6.45, 7) is 3.86. The van der Waals surface area contributed by atoms with E-state index in [1.807, 2.05) is 86.6 Å². The summed E-state index contributed by atoms with van der Waals surface area (Å²) in [5.74, 6) is 1.29. The van der Waals surface area contributed by atoms with E-state index in [1.165, 1.54) is 8.80 Å². The van der Waals surface area contributed by atoms with Gasteiger partial charge in [0.1, 0.15) is 22.5 Å². The van der Waals surface area contributed by atoms with Crippen molar-refractivity contribution in [2.45, 2.75) is 13.8 Å². The lowest BCUT2D eigenvalue weighted by atomic mass is 9.95. The number of hydrogen-bond acceptors (Lipinski definition) is 4. The molecule has 0 amide bonds. The number of rotatable bonds is 4. The molecule has 196 valence electrons. The molecule has 4 aromatic carbocycles. The largest absolute Gasteiger partial charge is 0.496 e. The number of fused-ring (bicyclic) bond motifs is 4. The highest BCUT2D eigenvalue weighted by Gasteiger charge is 2.26. The van der Waals surface area contributed by atoms with Crippen LogP contribution >= 0.6 is 0 Å². The zero-order valence-corrected chi connectivity index (χ0v) is 22.6. The zero-order valence-electron chi connectivity index (χ0n) is 22.6. The molecule has 0 fully saturated rings. The van der Waals surface area contributed by atoms with Crippen molar-refractivity contribution in [3.63, 3.8) is 0 Å². The topological polar surface area (TPSA) is 61.4 Å². The van der Waals surface area contributed by atoms with E-state index in [1.54, 1.807) is 26.6 Å². The van der Waals surface area contributed by atoms with E-state index in [2.05, 4.69) is 0 Å². The van der Waals surface area contributed by atoms with Gasteiger partial charge in [0.05, 0.1) is 14.2 Å². The summed E-state index contributed by atoms with van der Waals surface area (Å²) in [4.78, 5) is 28.7. The summed E-state index contributed by atoms with van der Waals surface area (Å²) >= 11 is 0. The number of ether oxygens (including phenoxy) is 2. The molecular weight excluding hydrogens is 500 g/mol. The Hall–Kier alpha value is -5.10. The molecule has 3 heterocycles. The van der Waals surface area contributed by atoms with Gasteiger partial charge >= 0.3 is 0 Å². The van der Waals surface area contributed by atoms with Gasteiger partial charge in [0.15, 0.2) is 0 Å². The quantitative estimate of drug-likeness (QED) is 0.258. The van der Waals surface area contributed by atoms with Gasteiger partial charge in [-0.25, -0.2) is 0 Å². The van der Waals surface area contributed by atoms with E-state index < -0.39 is 0 Å². The lowest BCUT2D eigenvalue weighted by Crippen LogP contribution is -2.25. The molecule has 7 rings (SSSR count). The summed E-state index contributed by atoms with van der Waals surface area (Å²) in [7, 11) is 3.24. The van der Waals surface area contributed by atoms with Gasteiger partial charge in [-0.2, -0.15) is 0 Å². The second-order valence-electron chi connectivity index (χ2n) is 10.1. The van der Waals surface area contributed by atoms with Gasteiger partial charge in [-0.05, 0) is 58.7 Å². The lowest BCUT2D eigenvalue weighted by Gasteiger charge is -2.13. The molecule has 6 heteroatoms. The fraction of sp³-hybridized carbons (Fsp3) is 0.118. The van der Waals surface area contributed by atoms with Gasteiger partial charge in [0.2, 0.25) is 0 Å². The van der Waals surface area contributed by atoms with Crippen LogP contribution in [0, 0.1) is 13.8 Å². The molecule has 0 N–H and O–H groups in total. The van der Waals surface area contributed by atoms with E-state index in [4.69, 9.17) is 9.47 Å². The Balaban J connectivity index is 1.64. The van der Waals surface area contributed by atoms with Crippen LogP contribution in [0.2, 0.25) is 0 Å². The fourth-order valence-electron chi connectivity index (χ4n) is 6.22. The molecule has 0 atom stereocenters. The third-order valence-electron chi connectivity index (χ3n) is 7.95. The SMILES string of the molecule is COc1ccc2ccccc2c1-c1c(C)cn2c(=O)c3c(-c4c(OC)ccc5ccccc45)c(C)cn3c(=O)c12. The minimum atomic E-state index is -0.263. The van der Waals surface area contributed by atoms with Gasteiger partial charge in [0.25, 0.3) is 11.1 Å². The third kappa shape index (κ3) is 3.16. The van der Waals surface area contributed by atoms with E-state index in [-0.39, 0.29) is 11.1 Å². The van der Waals surface area contributed by atoms with Crippen LogP contribution < -0.4 is 20.6 Å². The van der Waals surface area contributed by atoms with E-state index in [0.717, 1.165) is 43.8 Å². The Morgan fingerprint density at radius 3 is 1.32 bits per heavy atom. The fourth-order valence-corrected chi connectivity index (χ4v) is 6.22. The standard InChI is InChI=1S/C34H26N2O4/c1-19-17-35-31(27(19)29-23-11-7-5-9-21(23)13-15-25(29)39-3)33(37)36-18-20(2)28(32(36)34(35)38)30-24-12-8-6-10-22(24)14-16-26(30)40-4/h5-18H,1-4H3. The predicted octanol–water partition coefficient (Wildman–Crippen LogP) is 6.62. The van der Waals surface area contributed by atoms with Crippen molar-refractivity contribution in [3.8, 4) is 33.8 Å². The Morgan fingerprint density at radius 1 is 0.525 bits per heavy atom. The smallest absolute Gasteiger partial charge is 0.280 e. The van der Waals surface area contributed by atoms with Crippen LogP contribution in [-0.4, -0.2) is 23.0 Å². The first kappa shape index (κ1) is 24.0. The van der Waals surface area contributed by atoms with Crippen LogP contribution in [-0.2, 0) is 0 Å². The predicted molar refractivity (Wildman–Crippen MR) is 161 cm³/mol. The average molecular weight is 527 g/mol. The molecule has 0 radical (unpaired) electrons. The molecule has 0 unspecified atom stereocenters. The lowest BCUT2D eigenvalue weighted by molar-refractivity contribution is 0.417. The minimum Gasteiger partial charge on any atom is -0.496 e. The molecule has 7 aromatic rings. The van der Waals surface area contributed by atoms with E-state index >= 15 is 0 Å². The molecule has 0 bridgehead atoms. The zero-order chi connectivity index (χ0) is 27.7. The molecule has 0 aliphatic carbocycles. The van der Waals surface area contributed by atoms with Crippen molar-refractivity contribution in [1.29, 1.82) is 0 Å². The summed E-state index contributed by atoms with van der Waals surface area (Å²) in [5.41, 5.74) is 4.78. The normalized spacial score (nSPS) is 11.7. The average Bonchev–Trinajstić information content (AvgIpc) is 3.51. The third-order valence-corrected chi connectivity index (χ3v) is 7.95. The Kier molecular flexibility index (Phi) is 5.22. The van der Waals surface area contributed by atoms with Crippen molar-refractivity contribution in [2.75, 3.05) is 14.2 Å². The molecule has 0 aliphatic heterocycles. The summed E-state index contributed by atoms with van der Waals surface area (Å²) < 4.78 is 14.6. The molecule has 6 nitrogen and oxygen atoms in total. The Labute approximate surface area is 229 Å². The van der Waals surface area contributed by atoms with Crippen molar-refractivity contribution >= 4 is 32.6 Å². The second-order valence-corrected chi connectivity index (χ2v) is 10.1. The van der Waals surface area contributed by atoms with Gasteiger partial charge < -0.3 is 9.47 Å². The highest BCUT2D eigenvalue weighted by molar-refractivity contribution is 6.06. The van der Waals surface area contributed by atoms with Gasteiger partial charge in [-0.1, -0.05) is 60.7 Å². The molecule has 0 saturated heterocycles. The van der Waals surface area contributed by atoms with Crippen molar-refractivity contribution in [2.24, 2.45) is 0 Å². The van der Waals surface area contributed by atoms with Gasteiger partial charge in [-0.15, -0.1) is 0 Å². The maximum atomic E-state index is 14.3. The van der Waals surface area contributed by atoms with Crippen LogP contribution in [0.25, 0.3) is 54.8 Å². The Bertz CT molecular complexity index is 2100. The molecular formula is C34H26N2O4. The molecule has 0 aliphatic rings. The number of nitrogens with zero attached hydrogens (tertiary/aromatic N) is 2. The summed E-state index contributed by atoms with van der Waals surface area (Å²) in [5, 5.41) is 3.95. The highest BCUT2D eigenvalue weighted by atomic mass is 16.5. The summed E-state index contributed by atoms with van der Waals surface area (Å²) in [6.07, 6.45) is 3.53. The van der Waals surface area contributed by atoms with Crippen molar-refractivity contribution in [3.05, 3.63) is 117 Å². The Morgan fingerprint density at radius 2 is 0.925 bits per heavy atom. The van der Waals surface area contributed by atoms with Gasteiger partial charge in [0, 0.05) is 34.6 Å². The van der Waals surface area contributed by atoms with Crippen molar-refractivity contribution in [1.82, 2.24) is 8.80 Å². The summed E-state index contributed by atoms with van der Waals surface area (Å²) in [6, 6.07) is 23.8. The minimum absolute atomic E-state index is 0.263. The number of aromatic nitrogens is 2. The van der Waals surface area contributed by atoms with Crippen molar-refractivity contribution < 1.29 is 9.47 Å². The number of benzene rings is 4. The second kappa shape index (κ2) is 8.71. The molecule has 0 saturated carbocycles.